The molecule has 1 aliphatic rings. The van der Waals surface area contributed by atoms with Gasteiger partial charge in [0.05, 0.1) is 5.69 Å². The standard InChI is InChI=1S/C28H37N5O/c1-22(2)20-33-28(34)26(18-27(30-33)25-10-8-24(19-29)9-11-25)21-32-16-14-31(15-17-32)13-12-23-6-4-3-5-7-23/h3-11,18,22H,12-17,19-21,29H2,1-2H3. The molecule has 1 fully saturated rings. The predicted octanol–water partition coefficient (Wildman–Crippen LogP) is 3.39. The summed E-state index contributed by atoms with van der Waals surface area (Å²) in [6.07, 6.45) is 1.08. The van der Waals surface area contributed by atoms with Gasteiger partial charge in [0.15, 0.2) is 0 Å². The van der Waals surface area contributed by atoms with E-state index < -0.39 is 0 Å². The van der Waals surface area contributed by atoms with Gasteiger partial charge in [-0.3, -0.25) is 9.69 Å². The summed E-state index contributed by atoms with van der Waals surface area (Å²) < 4.78 is 1.66. The molecule has 180 valence electrons. The number of nitrogens with zero attached hydrogens (tertiary/aromatic N) is 4. The van der Waals surface area contributed by atoms with E-state index in [1.165, 1.54) is 5.56 Å². The molecule has 0 atom stereocenters. The third-order valence-corrected chi connectivity index (χ3v) is 6.49. The van der Waals surface area contributed by atoms with Crippen LogP contribution in [-0.2, 0) is 26.1 Å². The number of aromatic nitrogens is 2. The quantitative estimate of drug-likeness (QED) is 0.531. The summed E-state index contributed by atoms with van der Waals surface area (Å²) in [6.45, 7) is 11.1. The van der Waals surface area contributed by atoms with Gasteiger partial charge in [0, 0.05) is 63.5 Å². The second-order valence-electron chi connectivity index (χ2n) is 9.69. The second-order valence-corrected chi connectivity index (χ2v) is 9.69. The average molecular weight is 460 g/mol. The number of hydrogen-bond donors (Lipinski definition) is 1. The van der Waals surface area contributed by atoms with E-state index in [1.807, 2.05) is 30.3 Å². The van der Waals surface area contributed by atoms with E-state index in [2.05, 4.69) is 54.0 Å². The summed E-state index contributed by atoms with van der Waals surface area (Å²) in [4.78, 5) is 18.2. The lowest BCUT2D eigenvalue weighted by Gasteiger charge is -2.34. The van der Waals surface area contributed by atoms with Crippen LogP contribution in [0.2, 0.25) is 0 Å². The van der Waals surface area contributed by atoms with E-state index in [0.717, 1.165) is 61.5 Å². The summed E-state index contributed by atoms with van der Waals surface area (Å²) in [5, 5.41) is 4.70. The van der Waals surface area contributed by atoms with E-state index in [1.54, 1.807) is 4.68 Å². The molecule has 2 N–H and O–H groups in total. The Morgan fingerprint density at radius 1 is 0.912 bits per heavy atom. The molecule has 34 heavy (non-hydrogen) atoms. The Balaban J connectivity index is 1.44. The first kappa shape index (κ1) is 24.3. The van der Waals surface area contributed by atoms with Crippen LogP contribution in [0.4, 0.5) is 0 Å². The monoisotopic (exact) mass is 459 g/mol. The lowest BCUT2D eigenvalue weighted by atomic mass is 10.1. The van der Waals surface area contributed by atoms with Gasteiger partial charge in [0.1, 0.15) is 0 Å². The zero-order valence-electron chi connectivity index (χ0n) is 20.5. The van der Waals surface area contributed by atoms with Gasteiger partial charge in [0.25, 0.3) is 5.56 Å². The van der Waals surface area contributed by atoms with E-state index in [-0.39, 0.29) is 5.56 Å². The van der Waals surface area contributed by atoms with Crippen LogP contribution in [0.3, 0.4) is 0 Å². The SMILES string of the molecule is CC(C)Cn1nc(-c2ccc(CN)cc2)cc(CN2CCN(CCc3ccccc3)CC2)c1=O. The summed E-state index contributed by atoms with van der Waals surface area (Å²) in [5.74, 6) is 0.348. The molecule has 4 rings (SSSR count). The van der Waals surface area contributed by atoms with Crippen molar-refractivity contribution in [1.29, 1.82) is 0 Å². The van der Waals surface area contributed by atoms with Crippen LogP contribution in [0.15, 0.2) is 65.5 Å². The van der Waals surface area contributed by atoms with Gasteiger partial charge >= 0.3 is 0 Å². The molecule has 6 nitrogen and oxygen atoms in total. The molecular formula is C28H37N5O. The zero-order chi connectivity index (χ0) is 23.9. The number of hydrogen-bond acceptors (Lipinski definition) is 5. The van der Waals surface area contributed by atoms with Crippen LogP contribution in [-0.4, -0.2) is 52.3 Å². The first-order chi connectivity index (χ1) is 16.5. The molecule has 2 aromatic carbocycles. The highest BCUT2D eigenvalue weighted by Gasteiger charge is 2.19. The molecule has 0 spiro atoms. The van der Waals surface area contributed by atoms with Gasteiger partial charge in [-0.15, -0.1) is 0 Å². The van der Waals surface area contributed by atoms with Crippen molar-refractivity contribution in [2.45, 2.75) is 39.9 Å². The first-order valence-corrected chi connectivity index (χ1v) is 12.4. The first-order valence-electron chi connectivity index (χ1n) is 12.4. The fraction of sp³-hybridized carbons (Fsp3) is 0.429. The number of nitrogens with two attached hydrogens (primary N) is 1. The molecule has 2 heterocycles. The summed E-state index contributed by atoms with van der Waals surface area (Å²) in [6, 6.07) is 20.8. The maximum atomic E-state index is 13.2. The largest absolute Gasteiger partial charge is 0.326 e. The van der Waals surface area contributed by atoms with Crippen LogP contribution in [0.25, 0.3) is 11.3 Å². The Hall–Kier alpha value is -2.80. The topological polar surface area (TPSA) is 67.4 Å². The number of piperazine rings is 1. The Labute approximate surface area is 203 Å². The van der Waals surface area contributed by atoms with Crippen molar-refractivity contribution >= 4 is 0 Å². The summed E-state index contributed by atoms with van der Waals surface area (Å²) in [5.41, 5.74) is 10.9. The molecule has 1 saturated heterocycles. The van der Waals surface area contributed by atoms with Crippen LogP contribution in [0.1, 0.15) is 30.5 Å². The van der Waals surface area contributed by atoms with Crippen molar-refractivity contribution in [2.75, 3.05) is 32.7 Å². The fourth-order valence-corrected chi connectivity index (χ4v) is 4.48. The normalized spacial score (nSPS) is 15.2. The Morgan fingerprint density at radius 2 is 1.59 bits per heavy atom. The summed E-state index contributed by atoms with van der Waals surface area (Å²) >= 11 is 0. The Kier molecular flexibility index (Phi) is 8.27. The van der Waals surface area contributed by atoms with Crippen LogP contribution in [0.5, 0.6) is 0 Å². The molecule has 0 radical (unpaired) electrons. The minimum Gasteiger partial charge on any atom is -0.326 e. The highest BCUT2D eigenvalue weighted by molar-refractivity contribution is 5.59. The van der Waals surface area contributed by atoms with Gasteiger partial charge in [-0.05, 0) is 29.5 Å². The van der Waals surface area contributed by atoms with Gasteiger partial charge in [-0.1, -0.05) is 68.4 Å². The molecule has 0 saturated carbocycles. The predicted molar refractivity (Wildman–Crippen MR) is 139 cm³/mol. The molecule has 6 heteroatoms. The van der Waals surface area contributed by atoms with Gasteiger partial charge in [-0.25, -0.2) is 4.68 Å². The van der Waals surface area contributed by atoms with Crippen LogP contribution >= 0.6 is 0 Å². The zero-order valence-corrected chi connectivity index (χ0v) is 20.5. The maximum absolute atomic E-state index is 13.2. The van der Waals surface area contributed by atoms with E-state index >= 15 is 0 Å². The number of rotatable bonds is 9. The van der Waals surface area contributed by atoms with Gasteiger partial charge in [-0.2, -0.15) is 5.10 Å². The maximum Gasteiger partial charge on any atom is 0.271 e. The molecule has 0 aliphatic carbocycles. The Morgan fingerprint density at radius 3 is 2.24 bits per heavy atom. The summed E-state index contributed by atoms with van der Waals surface area (Å²) in [7, 11) is 0. The molecule has 0 amide bonds. The average Bonchev–Trinajstić information content (AvgIpc) is 2.86. The minimum atomic E-state index is 0.0301. The van der Waals surface area contributed by atoms with Crippen LogP contribution < -0.4 is 11.3 Å². The highest BCUT2D eigenvalue weighted by atomic mass is 16.1. The molecule has 0 bridgehead atoms. The van der Waals surface area contributed by atoms with Crippen molar-refractivity contribution in [2.24, 2.45) is 11.7 Å². The van der Waals surface area contributed by atoms with E-state index in [9.17, 15) is 4.79 Å². The lowest BCUT2D eigenvalue weighted by molar-refractivity contribution is 0.127. The van der Waals surface area contributed by atoms with Gasteiger partial charge < -0.3 is 10.6 Å². The third-order valence-electron chi connectivity index (χ3n) is 6.49. The smallest absolute Gasteiger partial charge is 0.271 e. The molecule has 3 aromatic rings. The third kappa shape index (κ3) is 6.41. The fourth-order valence-electron chi connectivity index (χ4n) is 4.48. The second kappa shape index (κ2) is 11.6. The minimum absolute atomic E-state index is 0.0301. The number of benzene rings is 2. The van der Waals surface area contributed by atoms with Crippen molar-refractivity contribution < 1.29 is 0 Å². The Bertz CT molecular complexity index is 1100. The highest BCUT2D eigenvalue weighted by Crippen LogP contribution is 2.19. The molecule has 0 unspecified atom stereocenters. The van der Waals surface area contributed by atoms with Gasteiger partial charge in [0.2, 0.25) is 0 Å². The molecular weight excluding hydrogens is 422 g/mol. The van der Waals surface area contributed by atoms with E-state index in [0.29, 0.717) is 25.6 Å². The molecule has 1 aliphatic heterocycles. The van der Waals surface area contributed by atoms with Crippen LogP contribution in [0, 0.1) is 5.92 Å². The van der Waals surface area contributed by atoms with Crippen molar-refractivity contribution in [1.82, 2.24) is 19.6 Å². The van der Waals surface area contributed by atoms with Crippen molar-refractivity contribution in [3.8, 4) is 11.3 Å². The van der Waals surface area contributed by atoms with Crippen molar-refractivity contribution in [3.63, 3.8) is 0 Å². The molecule has 1 aromatic heterocycles. The van der Waals surface area contributed by atoms with Crippen molar-refractivity contribution in [3.05, 3.63) is 87.7 Å². The van der Waals surface area contributed by atoms with E-state index in [4.69, 9.17) is 10.8 Å². The lowest BCUT2D eigenvalue weighted by Crippen LogP contribution is -2.47.